The van der Waals surface area contributed by atoms with Crippen LogP contribution >= 0.6 is 0 Å². The van der Waals surface area contributed by atoms with E-state index in [1.807, 2.05) is 0 Å². The molecule has 1 aromatic carbocycles. The quantitative estimate of drug-likeness (QED) is 0.872. The van der Waals surface area contributed by atoms with Crippen LogP contribution in [0.4, 0.5) is 4.39 Å². The zero-order valence-corrected chi connectivity index (χ0v) is 11.1. The summed E-state index contributed by atoms with van der Waals surface area (Å²) >= 11 is 0. The van der Waals surface area contributed by atoms with Crippen molar-refractivity contribution in [1.82, 2.24) is 9.62 Å². The Morgan fingerprint density at radius 2 is 2.06 bits per heavy atom. The third kappa shape index (κ3) is 2.88. The van der Waals surface area contributed by atoms with Gasteiger partial charge in [0.25, 0.3) is 0 Å². The Bertz CT molecular complexity index is 501. The Hall–Kier alpha value is -0.980. The van der Waals surface area contributed by atoms with Crippen LogP contribution in [0, 0.1) is 5.82 Å². The molecule has 0 amide bonds. The summed E-state index contributed by atoms with van der Waals surface area (Å²) in [5.74, 6) is -0.312. The van der Waals surface area contributed by atoms with Crippen LogP contribution in [-0.2, 0) is 16.6 Å². The minimum absolute atomic E-state index is 0.300. The molecule has 2 rings (SSSR count). The van der Waals surface area contributed by atoms with E-state index in [1.54, 1.807) is 19.1 Å². The fourth-order valence-corrected chi connectivity index (χ4v) is 3.47. The van der Waals surface area contributed by atoms with Crippen molar-refractivity contribution in [3.8, 4) is 0 Å². The van der Waals surface area contributed by atoms with E-state index in [9.17, 15) is 12.8 Å². The molecule has 0 radical (unpaired) electrons. The summed E-state index contributed by atoms with van der Waals surface area (Å²) in [5, 5.41) is 2.67. The molecule has 0 saturated carbocycles. The number of nitrogens with zero attached hydrogens (tertiary/aromatic N) is 1. The Balaban J connectivity index is 2.18. The van der Waals surface area contributed by atoms with Crippen molar-refractivity contribution in [2.24, 2.45) is 0 Å². The van der Waals surface area contributed by atoms with Gasteiger partial charge >= 0.3 is 0 Å². The van der Waals surface area contributed by atoms with E-state index in [0.717, 1.165) is 5.56 Å². The number of halogens is 1. The second-order valence-corrected chi connectivity index (χ2v) is 6.87. The molecule has 1 saturated heterocycles. The van der Waals surface area contributed by atoms with Gasteiger partial charge in [-0.05, 0) is 24.6 Å². The topological polar surface area (TPSA) is 49.4 Å². The zero-order chi connectivity index (χ0) is 13.2. The lowest BCUT2D eigenvalue weighted by Gasteiger charge is -2.22. The molecule has 1 aromatic rings. The van der Waals surface area contributed by atoms with Crippen LogP contribution in [-0.4, -0.2) is 37.6 Å². The Kier molecular flexibility index (Phi) is 3.99. The van der Waals surface area contributed by atoms with E-state index in [-0.39, 0.29) is 5.82 Å². The summed E-state index contributed by atoms with van der Waals surface area (Å²) in [6.45, 7) is 3.57. The first-order valence-corrected chi connectivity index (χ1v) is 7.44. The maximum atomic E-state index is 12.8. The van der Waals surface area contributed by atoms with Gasteiger partial charge in [0.2, 0.25) is 10.0 Å². The Labute approximate surface area is 107 Å². The van der Waals surface area contributed by atoms with Crippen molar-refractivity contribution in [3.05, 3.63) is 35.6 Å². The van der Waals surface area contributed by atoms with Crippen LogP contribution in [0.5, 0.6) is 0 Å². The average molecular weight is 272 g/mol. The smallest absolute Gasteiger partial charge is 0.218 e. The van der Waals surface area contributed by atoms with E-state index < -0.39 is 15.3 Å². The summed E-state index contributed by atoms with van der Waals surface area (Å²) in [4.78, 5) is 0. The first-order valence-electron chi connectivity index (χ1n) is 5.94. The van der Waals surface area contributed by atoms with E-state index in [1.165, 1.54) is 16.4 Å². The van der Waals surface area contributed by atoms with Gasteiger partial charge < -0.3 is 5.32 Å². The maximum absolute atomic E-state index is 12.8. The number of hydrogen-bond acceptors (Lipinski definition) is 3. The van der Waals surface area contributed by atoms with Gasteiger partial charge in [0.1, 0.15) is 5.82 Å². The predicted octanol–water partition coefficient (Wildman–Crippen LogP) is 0.949. The molecule has 1 unspecified atom stereocenters. The summed E-state index contributed by atoms with van der Waals surface area (Å²) in [7, 11) is -3.27. The van der Waals surface area contributed by atoms with Gasteiger partial charge in [0.05, 0.1) is 5.25 Å². The van der Waals surface area contributed by atoms with Crippen molar-refractivity contribution in [1.29, 1.82) is 0 Å². The van der Waals surface area contributed by atoms with Crippen LogP contribution < -0.4 is 5.32 Å². The molecule has 18 heavy (non-hydrogen) atoms. The maximum Gasteiger partial charge on any atom is 0.218 e. The predicted molar refractivity (Wildman–Crippen MR) is 68.1 cm³/mol. The lowest BCUT2D eigenvalue weighted by Crippen LogP contribution is -2.37. The highest BCUT2D eigenvalue weighted by molar-refractivity contribution is 7.89. The number of sulfonamides is 1. The molecule has 0 aliphatic carbocycles. The zero-order valence-electron chi connectivity index (χ0n) is 10.3. The molecule has 1 aliphatic rings. The van der Waals surface area contributed by atoms with Crippen molar-refractivity contribution in [3.63, 3.8) is 0 Å². The van der Waals surface area contributed by atoms with Crippen molar-refractivity contribution < 1.29 is 12.8 Å². The van der Waals surface area contributed by atoms with Gasteiger partial charge in [-0.15, -0.1) is 0 Å². The molecule has 1 fully saturated rings. The van der Waals surface area contributed by atoms with E-state index in [0.29, 0.717) is 26.2 Å². The Morgan fingerprint density at radius 1 is 1.39 bits per heavy atom. The van der Waals surface area contributed by atoms with Crippen LogP contribution in [0.15, 0.2) is 24.3 Å². The second kappa shape index (κ2) is 5.34. The van der Waals surface area contributed by atoms with Crippen LogP contribution in [0.2, 0.25) is 0 Å². The lowest BCUT2D eigenvalue weighted by molar-refractivity contribution is 0.413. The van der Waals surface area contributed by atoms with Gasteiger partial charge in [-0.1, -0.05) is 12.1 Å². The lowest BCUT2D eigenvalue weighted by atomic mass is 10.2. The Morgan fingerprint density at radius 3 is 2.72 bits per heavy atom. The van der Waals surface area contributed by atoms with E-state index in [2.05, 4.69) is 5.32 Å². The highest BCUT2D eigenvalue weighted by atomic mass is 32.2. The van der Waals surface area contributed by atoms with Crippen molar-refractivity contribution in [2.45, 2.75) is 18.7 Å². The van der Waals surface area contributed by atoms with Crippen molar-refractivity contribution in [2.75, 3.05) is 19.6 Å². The monoisotopic (exact) mass is 272 g/mol. The number of benzene rings is 1. The first-order chi connectivity index (χ1) is 8.50. The SMILES string of the molecule is CC1CNCCN(Cc2ccc(F)cc2)S1(=O)=O. The van der Waals surface area contributed by atoms with Gasteiger partial charge in [0.15, 0.2) is 0 Å². The third-order valence-electron chi connectivity index (χ3n) is 3.11. The summed E-state index contributed by atoms with van der Waals surface area (Å²) in [5.41, 5.74) is 0.800. The summed E-state index contributed by atoms with van der Waals surface area (Å²) in [6.07, 6.45) is 0. The highest BCUT2D eigenvalue weighted by Gasteiger charge is 2.30. The van der Waals surface area contributed by atoms with Crippen molar-refractivity contribution >= 4 is 10.0 Å². The molecule has 1 atom stereocenters. The average Bonchev–Trinajstić information content (AvgIpc) is 2.45. The molecule has 0 aromatic heterocycles. The van der Waals surface area contributed by atoms with Gasteiger partial charge in [-0.25, -0.2) is 12.8 Å². The second-order valence-electron chi connectivity index (χ2n) is 4.52. The molecule has 1 aliphatic heterocycles. The molecule has 100 valence electrons. The van der Waals surface area contributed by atoms with Gasteiger partial charge in [-0.2, -0.15) is 4.31 Å². The summed E-state index contributed by atoms with van der Waals surface area (Å²) < 4.78 is 38.7. The number of rotatable bonds is 2. The van der Waals surface area contributed by atoms with Crippen LogP contribution in [0.25, 0.3) is 0 Å². The normalized spacial score (nSPS) is 24.7. The van der Waals surface area contributed by atoms with Gasteiger partial charge in [0, 0.05) is 26.2 Å². The summed E-state index contributed by atoms with van der Waals surface area (Å²) in [6, 6.07) is 5.94. The van der Waals surface area contributed by atoms with Gasteiger partial charge in [-0.3, -0.25) is 0 Å². The standard InChI is InChI=1S/C12H17FN2O2S/c1-10-8-14-6-7-15(18(10,16)17)9-11-2-4-12(13)5-3-11/h2-5,10,14H,6-9H2,1H3. The molecule has 0 spiro atoms. The van der Waals surface area contributed by atoms with E-state index >= 15 is 0 Å². The molecule has 0 bridgehead atoms. The van der Waals surface area contributed by atoms with E-state index in [4.69, 9.17) is 0 Å². The number of nitrogens with one attached hydrogen (secondary N) is 1. The highest BCUT2D eigenvalue weighted by Crippen LogP contribution is 2.15. The molecular formula is C12H17FN2O2S. The molecule has 6 heteroatoms. The minimum Gasteiger partial charge on any atom is -0.314 e. The number of hydrogen-bond donors (Lipinski definition) is 1. The largest absolute Gasteiger partial charge is 0.314 e. The molecule has 1 N–H and O–H groups in total. The van der Waals surface area contributed by atoms with Crippen LogP contribution in [0.3, 0.4) is 0 Å². The fraction of sp³-hybridized carbons (Fsp3) is 0.500. The molecule has 1 heterocycles. The molecule has 4 nitrogen and oxygen atoms in total. The van der Waals surface area contributed by atoms with Crippen LogP contribution in [0.1, 0.15) is 12.5 Å². The fourth-order valence-electron chi connectivity index (χ4n) is 1.96. The molecular weight excluding hydrogens is 255 g/mol. The first kappa shape index (κ1) is 13.5. The minimum atomic E-state index is -3.27. The third-order valence-corrected chi connectivity index (χ3v) is 5.33.